The number of benzene rings is 1. The van der Waals surface area contributed by atoms with Crippen molar-refractivity contribution in [2.45, 2.75) is 25.1 Å². The summed E-state index contributed by atoms with van der Waals surface area (Å²) in [6.45, 7) is 1.25. The van der Waals surface area contributed by atoms with Crippen LogP contribution in [0.15, 0.2) is 36.7 Å². The summed E-state index contributed by atoms with van der Waals surface area (Å²) in [5, 5.41) is 13.7. The van der Waals surface area contributed by atoms with Crippen molar-refractivity contribution >= 4 is 16.9 Å². The van der Waals surface area contributed by atoms with E-state index >= 15 is 0 Å². The Hall–Kier alpha value is -3.32. The van der Waals surface area contributed by atoms with Crippen LogP contribution in [-0.4, -0.2) is 34.8 Å². The van der Waals surface area contributed by atoms with Gasteiger partial charge in [0.2, 0.25) is 0 Å². The van der Waals surface area contributed by atoms with E-state index in [2.05, 4.69) is 26.3 Å². The molecule has 0 bridgehead atoms. The van der Waals surface area contributed by atoms with Crippen LogP contribution in [0.25, 0.3) is 11.0 Å². The molecule has 3 aromatic rings. The maximum atomic E-state index is 13.3. The van der Waals surface area contributed by atoms with E-state index in [1.165, 1.54) is 6.33 Å². The number of anilines is 1. The van der Waals surface area contributed by atoms with Crippen LogP contribution >= 0.6 is 0 Å². The lowest BCUT2D eigenvalue weighted by molar-refractivity contribution is -0.140. The molecule has 0 saturated carbocycles. The van der Waals surface area contributed by atoms with Crippen LogP contribution in [-0.2, 0) is 10.9 Å². The maximum absolute atomic E-state index is 13.3. The van der Waals surface area contributed by atoms with Crippen LogP contribution < -0.4 is 10.1 Å². The number of hydrogen-bond donors (Lipinski definition) is 2. The predicted molar refractivity (Wildman–Crippen MR) is 109 cm³/mol. The van der Waals surface area contributed by atoms with Crippen molar-refractivity contribution < 1.29 is 22.6 Å². The summed E-state index contributed by atoms with van der Waals surface area (Å²) in [5.41, 5.74) is -0.654. The molecule has 0 unspecified atom stereocenters. The monoisotopic (exact) mass is 443 g/mol. The molecule has 2 aliphatic heterocycles. The second-order valence-corrected chi connectivity index (χ2v) is 8.12. The van der Waals surface area contributed by atoms with Gasteiger partial charge in [0.25, 0.3) is 0 Å². The van der Waals surface area contributed by atoms with E-state index in [4.69, 9.17) is 9.47 Å². The number of nitrogens with zero attached hydrogens (tertiary/aromatic N) is 3. The lowest BCUT2D eigenvalue weighted by atomic mass is 9.66. The van der Waals surface area contributed by atoms with Crippen molar-refractivity contribution in [3.8, 4) is 11.8 Å². The third-order valence-corrected chi connectivity index (χ3v) is 6.42. The fraction of sp³-hybridized carbons (Fsp3) is 0.409. The summed E-state index contributed by atoms with van der Waals surface area (Å²) in [5.74, 6) is 0.697. The number of alkyl halides is 3. The van der Waals surface area contributed by atoms with Crippen molar-refractivity contribution in [3.63, 3.8) is 0 Å². The van der Waals surface area contributed by atoms with Gasteiger partial charge in [0, 0.05) is 24.7 Å². The van der Waals surface area contributed by atoms with Crippen molar-refractivity contribution in [1.29, 1.82) is 5.26 Å². The molecule has 4 heterocycles. The molecule has 2 atom stereocenters. The average Bonchev–Trinajstić information content (AvgIpc) is 3.26. The summed E-state index contributed by atoms with van der Waals surface area (Å²) in [7, 11) is 0. The van der Waals surface area contributed by atoms with Gasteiger partial charge in [0.15, 0.2) is 0 Å². The Morgan fingerprint density at radius 1 is 1.19 bits per heavy atom. The second kappa shape index (κ2) is 7.67. The normalized spacial score (nSPS) is 22.6. The molecule has 1 saturated heterocycles. The van der Waals surface area contributed by atoms with Gasteiger partial charge in [-0.05, 0) is 25.0 Å². The van der Waals surface area contributed by atoms with E-state index in [9.17, 15) is 18.4 Å². The number of nitriles is 1. The fourth-order valence-electron chi connectivity index (χ4n) is 4.67. The van der Waals surface area contributed by atoms with Gasteiger partial charge in [-0.15, -0.1) is 0 Å². The first-order valence-corrected chi connectivity index (χ1v) is 10.3. The second-order valence-electron chi connectivity index (χ2n) is 8.12. The van der Waals surface area contributed by atoms with Gasteiger partial charge in [0.05, 0.1) is 29.5 Å². The summed E-state index contributed by atoms with van der Waals surface area (Å²) in [6, 6.07) is 10.6. The van der Waals surface area contributed by atoms with E-state index in [0.29, 0.717) is 38.4 Å². The highest BCUT2D eigenvalue weighted by molar-refractivity contribution is 5.88. The first-order chi connectivity index (χ1) is 15.4. The van der Waals surface area contributed by atoms with Crippen LogP contribution in [0, 0.1) is 22.7 Å². The minimum Gasteiger partial charge on any atom is -0.493 e. The zero-order valence-corrected chi connectivity index (χ0v) is 16.9. The molecule has 0 aliphatic carbocycles. The molecule has 7 nitrogen and oxygen atoms in total. The lowest BCUT2D eigenvalue weighted by Gasteiger charge is -2.44. The van der Waals surface area contributed by atoms with E-state index in [1.54, 1.807) is 0 Å². The zero-order valence-electron chi connectivity index (χ0n) is 16.9. The summed E-state index contributed by atoms with van der Waals surface area (Å²) >= 11 is 0. The number of aromatic nitrogens is 3. The minimum absolute atomic E-state index is 0.0905. The molecule has 0 amide bonds. The molecular weight excluding hydrogens is 423 g/mol. The van der Waals surface area contributed by atoms with Crippen LogP contribution in [0.3, 0.4) is 0 Å². The Morgan fingerprint density at radius 2 is 1.97 bits per heavy atom. The molecule has 32 heavy (non-hydrogen) atoms. The van der Waals surface area contributed by atoms with Crippen LogP contribution in [0.1, 0.15) is 30.1 Å². The summed E-state index contributed by atoms with van der Waals surface area (Å²) in [4.78, 5) is 10.5. The highest BCUT2D eigenvalue weighted by atomic mass is 19.4. The molecule has 5 rings (SSSR count). The fourth-order valence-corrected chi connectivity index (χ4v) is 4.67. The Balaban J connectivity index is 1.59. The lowest BCUT2D eigenvalue weighted by Crippen LogP contribution is -2.45. The van der Waals surface area contributed by atoms with E-state index in [-0.39, 0.29) is 28.8 Å². The van der Waals surface area contributed by atoms with Gasteiger partial charge in [-0.1, -0.05) is 18.2 Å². The number of halogens is 3. The molecule has 10 heteroatoms. The van der Waals surface area contributed by atoms with Crippen LogP contribution in [0.5, 0.6) is 5.75 Å². The molecule has 2 aromatic heterocycles. The molecule has 166 valence electrons. The standard InChI is InChI=1S/C22H20F3N5O2/c23-22(24,25)17-9-14-19(29-17)27-12-28-20(14)30-18-13-3-1-2-4-16(13)32-10-15(18)21(11-26)5-7-31-8-6-21/h1-4,9,12,15,18H,5-8,10H2,(H2,27,28,29,30)/t15-,18-/m0/s1. The number of fused-ring (bicyclic) bond motifs is 2. The van der Waals surface area contributed by atoms with Crippen molar-refractivity contribution in [3.05, 3.63) is 47.9 Å². The van der Waals surface area contributed by atoms with Gasteiger partial charge >= 0.3 is 6.18 Å². The molecule has 1 aromatic carbocycles. The molecule has 2 aliphatic rings. The van der Waals surface area contributed by atoms with Crippen LogP contribution in [0.2, 0.25) is 0 Å². The molecular formula is C22H20F3N5O2. The largest absolute Gasteiger partial charge is 0.493 e. The molecule has 0 radical (unpaired) electrons. The first-order valence-electron chi connectivity index (χ1n) is 10.3. The zero-order chi connectivity index (χ0) is 22.3. The first kappa shape index (κ1) is 20.6. The highest BCUT2D eigenvalue weighted by Crippen LogP contribution is 2.49. The minimum atomic E-state index is -4.53. The van der Waals surface area contributed by atoms with E-state index in [0.717, 1.165) is 11.6 Å². The molecule has 0 spiro atoms. The number of H-pyrrole nitrogens is 1. The van der Waals surface area contributed by atoms with Crippen LogP contribution in [0.4, 0.5) is 19.0 Å². The number of aromatic amines is 1. The van der Waals surface area contributed by atoms with E-state index in [1.807, 2.05) is 24.3 Å². The molecule has 2 N–H and O–H groups in total. The van der Waals surface area contributed by atoms with Gasteiger partial charge in [-0.3, -0.25) is 0 Å². The van der Waals surface area contributed by atoms with Gasteiger partial charge < -0.3 is 19.8 Å². The van der Waals surface area contributed by atoms with Gasteiger partial charge in [-0.2, -0.15) is 18.4 Å². The Labute approximate surface area is 181 Å². The Kier molecular flexibility index (Phi) is 4.93. The average molecular weight is 443 g/mol. The predicted octanol–water partition coefficient (Wildman–Crippen LogP) is 4.46. The topological polar surface area (TPSA) is 95.9 Å². The van der Waals surface area contributed by atoms with Crippen molar-refractivity contribution in [2.75, 3.05) is 25.1 Å². The van der Waals surface area contributed by atoms with E-state index < -0.39 is 17.3 Å². The third-order valence-electron chi connectivity index (χ3n) is 6.42. The third kappa shape index (κ3) is 3.42. The number of nitrogens with one attached hydrogen (secondary N) is 2. The quantitative estimate of drug-likeness (QED) is 0.621. The van der Waals surface area contributed by atoms with Crippen molar-refractivity contribution in [1.82, 2.24) is 15.0 Å². The number of hydrogen-bond acceptors (Lipinski definition) is 6. The van der Waals surface area contributed by atoms with Gasteiger partial charge in [-0.25, -0.2) is 9.97 Å². The maximum Gasteiger partial charge on any atom is 0.431 e. The summed E-state index contributed by atoms with van der Waals surface area (Å²) in [6.07, 6.45) is -2.20. The Morgan fingerprint density at radius 3 is 2.72 bits per heavy atom. The highest BCUT2D eigenvalue weighted by Gasteiger charge is 2.48. The SMILES string of the molecule is N#CC1([C@H]2COc3ccccc3[C@@H]2Nc2ncnc3[nH]c(C(F)(F)F)cc23)CCOCC1. The number of rotatable bonds is 3. The Bertz CT molecular complexity index is 1180. The number of ether oxygens (including phenoxy) is 2. The van der Waals surface area contributed by atoms with Crippen molar-refractivity contribution in [2.24, 2.45) is 11.3 Å². The summed E-state index contributed by atoms with van der Waals surface area (Å²) < 4.78 is 51.2. The smallest absolute Gasteiger partial charge is 0.431 e. The van der Waals surface area contributed by atoms with Gasteiger partial charge in [0.1, 0.15) is 29.2 Å². The molecule has 1 fully saturated rings. The number of para-hydroxylation sites is 1.